The smallest absolute Gasteiger partial charge is 0.181 e. The van der Waals surface area contributed by atoms with Crippen LogP contribution in [0.5, 0.6) is 0 Å². The number of carbonyl (C=O) groups excluding carboxylic acids is 1. The van der Waals surface area contributed by atoms with Crippen LogP contribution in [0.15, 0.2) is 23.0 Å². The Balaban J connectivity index is 1.50. The molecule has 7 atom stereocenters. The normalized spacial score (nSPS) is 42.8. The number of halogens is 1. The third kappa shape index (κ3) is 3.59. The lowest BCUT2D eigenvalue weighted by Crippen LogP contribution is -2.65. The molecule has 0 spiro atoms. The molecule has 6 rings (SSSR count). The molecule has 1 aromatic heterocycles. The molecule has 1 N–H and O–H groups in total. The summed E-state index contributed by atoms with van der Waals surface area (Å²) in [5.74, 6) is 1.14. The van der Waals surface area contributed by atoms with Crippen LogP contribution in [0.1, 0.15) is 106 Å². The Morgan fingerprint density at radius 1 is 1.10 bits per heavy atom. The van der Waals surface area contributed by atoms with Gasteiger partial charge in [0.2, 0.25) is 0 Å². The Hall–Kier alpha value is -2.56. The monoisotopic (exact) mass is 563 g/mol. The number of hydrogen-bond donors (Lipinski definition) is 1. The van der Waals surface area contributed by atoms with Crippen LogP contribution in [-0.2, 0) is 16.8 Å². The molecule has 41 heavy (non-hydrogen) atoms. The van der Waals surface area contributed by atoms with Crippen molar-refractivity contribution < 1.29 is 14.3 Å². The molecule has 0 saturated heterocycles. The summed E-state index contributed by atoms with van der Waals surface area (Å²) in [5, 5.41) is 34.5. The highest BCUT2D eigenvalue weighted by Gasteiger charge is 2.70. The number of aliphatic hydroxyl groups is 1. The van der Waals surface area contributed by atoms with E-state index in [-0.39, 0.29) is 62.9 Å². The van der Waals surface area contributed by atoms with Crippen molar-refractivity contribution in [3.05, 3.63) is 28.8 Å². The average Bonchev–Trinajstić information content (AvgIpc) is 3.37. The molecule has 5 aliphatic carbocycles. The lowest BCUT2D eigenvalue weighted by atomic mass is 9.34. The highest BCUT2D eigenvalue weighted by molar-refractivity contribution is 5.95. The number of alkyl halides is 1. The number of hydrogen-bond acceptors (Lipinski definition) is 6. The number of allylic oxidation sites excluding steroid dienone is 4. The molecule has 222 valence electrons. The topological polar surface area (TPSA) is 105 Å². The zero-order valence-corrected chi connectivity index (χ0v) is 25.8. The standard InChI is InChI=1S/C33H46FN5O2/c1-28(2)10-12-33(27-36-38-39(37-27)15-14-34)13-11-32(7)25(21(33)18-28)22(40)16-24-30(5)17-20(19-35)26(41)29(3,4)23(30)8-9-31(24,32)6/h16,21,23,25,41H,8-15,17-18H2,1-7H3/t21-,23-,25-,30-,31+,32+,33-/m0/s1. The first kappa shape index (κ1) is 28.6. The van der Waals surface area contributed by atoms with E-state index in [1.54, 1.807) is 0 Å². The second-order valence-corrected chi connectivity index (χ2v) is 16.1. The molecule has 0 unspecified atom stereocenters. The van der Waals surface area contributed by atoms with Crippen LogP contribution in [0, 0.1) is 56.2 Å². The van der Waals surface area contributed by atoms with Crippen molar-refractivity contribution in [3.8, 4) is 6.07 Å². The molecule has 0 aromatic carbocycles. The van der Waals surface area contributed by atoms with Crippen molar-refractivity contribution in [2.45, 2.75) is 112 Å². The minimum absolute atomic E-state index is 0.0714. The SMILES string of the molecule is CC1(C)CC[C@]2(c3nnn(CCF)n3)CC[C@]3(C)[C@H](C(=O)C=C4[C@@]5(C)CC(C#N)=C(O)C(C)(C)[C@@H]5CC[C@]43C)[C@@H]2C1. The zero-order chi connectivity index (χ0) is 29.8. The molecule has 3 fully saturated rings. The first-order valence-corrected chi connectivity index (χ1v) is 15.5. The number of fused-ring (bicyclic) bond motifs is 7. The first-order chi connectivity index (χ1) is 19.1. The number of aryl methyl sites for hydroxylation is 1. The maximum Gasteiger partial charge on any atom is 0.181 e. The lowest BCUT2D eigenvalue weighted by Gasteiger charge is -2.69. The number of aliphatic hydroxyl groups excluding tert-OH is 1. The maximum absolute atomic E-state index is 14.7. The Kier molecular flexibility index (Phi) is 6.08. The molecule has 7 nitrogen and oxygen atoms in total. The van der Waals surface area contributed by atoms with Gasteiger partial charge in [-0.2, -0.15) is 10.1 Å². The molecule has 0 aliphatic heterocycles. The number of rotatable bonds is 3. The summed E-state index contributed by atoms with van der Waals surface area (Å²) >= 11 is 0. The quantitative estimate of drug-likeness (QED) is 0.433. The van der Waals surface area contributed by atoms with E-state index < -0.39 is 12.1 Å². The van der Waals surface area contributed by atoms with Gasteiger partial charge in [0.25, 0.3) is 0 Å². The van der Waals surface area contributed by atoms with Crippen LogP contribution in [0.3, 0.4) is 0 Å². The van der Waals surface area contributed by atoms with E-state index >= 15 is 0 Å². The highest BCUT2D eigenvalue weighted by Crippen LogP contribution is 2.75. The number of nitrogens with zero attached hydrogens (tertiary/aromatic N) is 5. The van der Waals surface area contributed by atoms with Gasteiger partial charge in [0, 0.05) is 16.7 Å². The van der Waals surface area contributed by atoms with Gasteiger partial charge in [-0.15, -0.1) is 10.2 Å². The molecule has 8 heteroatoms. The van der Waals surface area contributed by atoms with Gasteiger partial charge in [-0.1, -0.05) is 54.0 Å². The van der Waals surface area contributed by atoms with E-state index in [2.05, 4.69) is 64.8 Å². The van der Waals surface area contributed by atoms with Crippen molar-refractivity contribution in [2.24, 2.45) is 44.8 Å². The molecular formula is C33H46FN5O2. The van der Waals surface area contributed by atoms with Gasteiger partial charge in [0.05, 0.1) is 18.2 Å². The van der Waals surface area contributed by atoms with E-state index in [1.165, 1.54) is 10.4 Å². The van der Waals surface area contributed by atoms with Gasteiger partial charge < -0.3 is 5.11 Å². The number of ketones is 1. The summed E-state index contributed by atoms with van der Waals surface area (Å²) in [5.41, 5.74) is -0.00509. The van der Waals surface area contributed by atoms with Gasteiger partial charge in [-0.3, -0.25) is 4.79 Å². The van der Waals surface area contributed by atoms with Gasteiger partial charge in [0.1, 0.15) is 12.4 Å². The second-order valence-electron chi connectivity index (χ2n) is 16.1. The zero-order valence-electron chi connectivity index (χ0n) is 25.8. The summed E-state index contributed by atoms with van der Waals surface area (Å²) < 4.78 is 13.1. The largest absolute Gasteiger partial charge is 0.511 e. The maximum atomic E-state index is 14.7. The van der Waals surface area contributed by atoms with Gasteiger partial charge in [-0.25, -0.2) is 4.39 Å². The van der Waals surface area contributed by atoms with Gasteiger partial charge in [0.15, 0.2) is 11.6 Å². The van der Waals surface area contributed by atoms with E-state index in [9.17, 15) is 19.6 Å². The van der Waals surface area contributed by atoms with Crippen LogP contribution in [0.25, 0.3) is 0 Å². The summed E-state index contributed by atoms with van der Waals surface area (Å²) in [6.07, 6.45) is 8.95. The average molecular weight is 564 g/mol. The lowest BCUT2D eigenvalue weighted by molar-refractivity contribution is -0.161. The molecule has 3 saturated carbocycles. The van der Waals surface area contributed by atoms with E-state index in [4.69, 9.17) is 5.10 Å². The summed E-state index contributed by atoms with van der Waals surface area (Å²) in [6, 6.07) is 2.31. The fraction of sp³-hybridized carbons (Fsp3) is 0.788. The molecule has 0 radical (unpaired) electrons. The van der Waals surface area contributed by atoms with Crippen LogP contribution in [-0.4, -0.2) is 37.8 Å². The third-order valence-electron chi connectivity index (χ3n) is 13.3. The predicted octanol–water partition coefficient (Wildman–Crippen LogP) is 6.82. The molecule has 0 bridgehead atoms. The minimum atomic E-state index is -0.540. The Labute approximate surface area is 243 Å². The summed E-state index contributed by atoms with van der Waals surface area (Å²) in [7, 11) is 0. The predicted molar refractivity (Wildman–Crippen MR) is 153 cm³/mol. The van der Waals surface area contributed by atoms with Crippen molar-refractivity contribution in [1.82, 2.24) is 20.2 Å². The van der Waals surface area contributed by atoms with Crippen LogP contribution >= 0.6 is 0 Å². The number of aromatic nitrogens is 4. The molecule has 0 amide bonds. The number of nitriles is 1. The van der Waals surface area contributed by atoms with Gasteiger partial charge in [-0.05, 0) is 96.2 Å². The summed E-state index contributed by atoms with van der Waals surface area (Å²) in [4.78, 5) is 16.0. The molecular weight excluding hydrogens is 517 g/mol. The van der Waals surface area contributed by atoms with Crippen molar-refractivity contribution >= 4 is 5.78 Å². The van der Waals surface area contributed by atoms with Crippen LogP contribution in [0.2, 0.25) is 0 Å². The van der Waals surface area contributed by atoms with Crippen LogP contribution < -0.4 is 0 Å². The van der Waals surface area contributed by atoms with Crippen molar-refractivity contribution in [1.29, 1.82) is 5.26 Å². The molecule has 1 aromatic rings. The second kappa shape index (κ2) is 8.74. The Bertz CT molecular complexity index is 1400. The third-order valence-corrected chi connectivity index (χ3v) is 13.3. The first-order valence-electron chi connectivity index (χ1n) is 15.5. The minimum Gasteiger partial charge on any atom is -0.511 e. The van der Waals surface area contributed by atoms with Gasteiger partial charge >= 0.3 is 0 Å². The van der Waals surface area contributed by atoms with E-state index in [0.717, 1.165) is 44.9 Å². The highest BCUT2D eigenvalue weighted by atomic mass is 19.1. The Morgan fingerprint density at radius 2 is 1.80 bits per heavy atom. The number of tetrazole rings is 1. The Morgan fingerprint density at radius 3 is 2.49 bits per heavy atom. The van der Waals surface area contributed by atoms with Crippen molar-refractivity contribution in [2.75, 3.05) is 6.67 Å². The molecule has 1 heterocycles. The van der Waals surface area contributed by atoms with E-state index in [0.29, 0.717) is 17.8 Å². The van der Waals surface area contributed by atoms with E-state index in [1.807, 2.05) is 6.08 Å². The fourth-order valence-corrected chi connectivity index (χ4v) is 10.9. The summed E-state index contributed by atoms with van der Waals surface area (Å²) in [6.45, 7) is 15.3. The van der Waals surface area contributed by atoms with Crippen LogP contribution in [0.4, 0.5) is 4.39 Å². The fourth-order valence-electron chi connectivity index (χ4n) is 10.9. The van der Waals surface area contributed by atoms with Crippen molar-refractivity contribution in [3.63, 3.8) is 0 Å². The molecule has 5 aliphatic rings. The number of carbonyl (C=O) groups is 1.